The Morgan fingerprint density at radius 2 is 2.00 bits per heavy atom. The highest BCUT2D eigenvalue weighted by atomic mass is 32.2. The highest BCUT2D eigenvalue weighted by Crippen LogP contribution is 2.16. The predicted molar refractivity (Wildman–Crippen MR) is 70.9 cm³/mol. The monoisotopic (exact) mass is 271 g/mol. The molecule has 7 heteroatoms. The molecule has 0 heterocycles. The van der Waals surface area contributed by atoms with Gasteiger partial charge in [-0.05, 0) is 19.1 Å². The molecule has 0 aliphatic carbocycles. The molecule has 0 spiro atoms. The normalized spacial score (nSPS) is 11.0. The van der Waals surface area contributed by atoms with Crippen LogP contribution < -0.4 is 15.8 Å². The van der Waals surface area contributed by atoms with Crippen LogP contribution in [-0.2, 0) is 10.0 Å². The maximum absolute atomic E-state index is 11.8. The number of carbonyl (C=O) groups excluding carboxylic acids is 1. The van der Waals surface area contributed by atoms with Crippen molar-refractivity contribution < 1.29 is 13.2 Å². The van der Waals surface area contributed by atoms with Crippen LogP contribution >= 0.6 is 0 Å². The van der Waals surface area contributed by atoms with Crippen LogP contribution in [-0.4, -0.2) is 33.2 Å². The van der Waals surface area contributed by atoms with Crippen LogP contribution in [0.4, 0.5) is 5.69 Å². The number of anilines is 1. The zero-order chi connectivity index (χ0) is 13.6. The first-order chi connectivity index (χ1) is 8.50. The number of nitrogens with two attached hydrogens (primary N) is 1. The number of sulfonamides is 1. The molecule has 0 radical (unpaired) electrons. The van der Waals surface area contributed by atoms with Gasteiger partial charge in [-0.2, -0.15) is 0 Å². The highest BCUT2D eigenvalue weighted by molar-refractivity contribution is 7.92. The zero-order valence-electron chi connectivity index (χ0n) is 10.1. The summed E-state index contributed by atoms with van der Waals surface area (Å²) in [4.78, 5) is 11.8. The highest BCUT2D eigenvalue weighted by Gasteiger charge is 2.14. The summed E-state index contributed by atoms with van der Waals surface area (Å²) in [5.74, 6) is -0.402. The minimum atomic E-state index is -3.40. The van der Waals surface area contributed by atoms with Gasteiger partial charge in [0, 0.05) is 13.1 Å². The first kappa shape index (κ1) is 14.5. The molecule has 6 nitrogen and oxygen atoms in total. The van der Waals surface area contributed by atoms with Crippen molar-refractivity contribution >= 4 is 21.6 Å². The van der Waals surface area contributed by atoms with Crippen LogP contribution in [0.5, 0.6) is 0 Å². The minimum absolute atomic E-state index is 0.0498. The Morgan fingerprint density at radius 3 is 2.61 bits per heavy atom. The summed E-state index contributed by atoms with van der Waals surface area (Å²) in [6.07, 6.45) is 0. The number of amides is 1. The molecule has 1 rings (SSSR count). The number of para-hydroxylation sites is 1. The van der Waals surface area contributed by atoms with E-state index in [-0.39, 0.29) is 22.9 Å². The topological polar surface area (TPSA) is 101 Å². The van der Waals surface area contributed by atoms with Gasteiger partial charge in [-0.15, -0.1) is 0 Å². The molecule has 0 aliphatic rings. The lowest BCUT2D eigenvalue weighted by atomic mass is 10.1. The molecule has 0 saturated heterocycles. The van der Waals surface area contributed by atoms with Crippen molar-refractivity contribution in [2.75, 3.05) is 23.6 Å². The number of benzene rings is 1. The summed E-state index contributed by atoms with van der Waals surface area (Å²) in [5, 5.41) is 2.59. The molecular weight excluding hydrogens is 254 g/mol. The molecule has 4 N–H and O–H groups in total. The van der Waals surface area contributed by atoms with Gasteiger partial charge in [0.25, 0.3) is 5.91 Å². The molecule has 0 atom stereocenters. The van der Waals surface area contributed by atoms with Gasteiger partial charge in [-0.25, -0.2) is 8.42 Å². The Hall–Kier alpha value is -1.60. The van der Waals surface area contributed by atoms with Crippen molar-refractivity contribution in [3.63, 3.8) is 0 Å². The molecule has 0 unspecified atom stereocenters. The Labute approximate surface area is 107 Å². The van der Waals surface area contributed by atoms with Gasteiger partial charge in [0.05, 0.1) is 17.0 Å². The second-order valence-corrected chi connectivity index (χ2v) is 5.61. The van der Waals surface area contributed by atoms with Gasteiger partial charge in [0.15, 0.2) is 0 Å². The molecule has 0 aliphatic heterocycles. The molecule has 18 heavy (non-hydrogen) atoms. The third-order valence-electron chi connectivity index (χ3n) is 2.25. The van der Waals surface area contributed by atoms with E-state index in [2.05, 4.69) is 10.0 Å². The Morgan fingerprint density at radius 1 is 1.33 bits per heavy atom. The SMILES string of the molecule is CCS(=O)(=O)Nc1ccccc1C(=O)NCCN. The van der Waals surface area contributed by atoms with Crippen LogP contribution in [0.25, 0.3) is 0 Å². The summed E-state index contributed by atoms with van der Waals surface area (Å²) in [6.45, 7) is 2.20. The van der Waals surface area contributed by atoms with E-state index in [4.69, 9.17) is 5.73 Å². The molecule has 1 amide bonds. The molecule has 100 valence electrons. The summed E-state index contributed by atoms with van der Waals surface area (Å²) >= 11 is 0. The van der Waals surface area contributed by atoms with E-state index in [0.717, 1.165) is 0 Å². The van der Waals surface area contributed by atoms with Crippen LogP contribution in [0.15, 0.2) is 24.3 Å². The fourth-order valence-corrected chi connectivity index (χ4v) is 1.95. The van der Waals surface area contributed by atoms with E-state index < -0.39 is 10.0 Å². The molecule has 1 aromatic rings. The van der Waals surface area contributed by atoms with Crippen molar-refractivity contribution in [1.82, 2.24) is 5.32 Å². The summed E-state index contributed by atoms with van der Waals surface area (Å²) in [7, 11) is -3.40. The molecular formula is C11H17N3O3S. The third kappa shape index (κ3) is 4.01. The number of rotatable bonds is 6. The number of nitrogens with one attached hydrogen (secondary N) is 2. The van der Waals surface area contributed by atoms with Gasteiger partial charge >= 0.3 is 0 Å². The maximum Gasteiger partial charge on any atom is 0.253 e. The van der Waals surface area contributed by atoms with Gasteiger partial charge in [0.2, 0.25) is 10.0 Å². The lowest BCUT2D eigenvalue weighted by Gasteiger charge is -2.11. The summed E-state index contributed by atoms with van der Waals surface area (Å²) in [5.41, 5.74) is 5.84. The Balaban J connectivity index is 2.96. The average Bonchev–Trinajstić information content (AvgIpc) is 2.36. The summed E-state index contributed by atoms with van der Waals surface area (Å²) < 4.78 is 25.4. The van der Waals surface area contributed by atoms with Crippen molar-refractivity contribution in [3.05, 3.63) is 29.8 Å². The fraction of sp³-hybridized carbons (Fsp3) is 0.364. The smallest absolute Gasteiger partial charge is 0.253 e. The minimum Gasteiger partial charge on any atom is -0.351 e. The van der Waals surface area contributed by atoms with Gasteiger partial charge in [-0.3, -0.25) is 9.52 Å². The van der Waals surface area contributed by atoms with Crippen molar-refractivity contribution in [2.45, 2.75) is 6.92 Å². The second kappa shape index (κ2) is 6.36. The van der Waals surface area contributed by atoms with E-state index in [1.54, 1.807) is 24.3 Å². The first-order valence-electron chi connectivity index (χ1n) is 5.58. The number of hydrogen-bond donors (Lipinski definition) is 3. The van der Waals surface area contributed by atoms with E-state index in [9.17, 15) is 13.2 Å². The standard InChI is InChI=1S/C11H17N3O3S/c1-2-18(16,17)14-10-6-4-3-5-9(10)11(15)13-8-7-12/h3-6,14H,2,7-8,12H2,1H3,(H,13,15). The Kier molecular flexibility index (Phi) is 5.11. The van der Waals surface area contributed by atoms with Crippen LogP contribution in [0, 0.1) is 0 Å². The molecule has 1 aromatic carbocycles. The maximum atomic E-state index is 11.8. The Bertz CT molecular complexity index is 514. The average molecular weight is 271 g/mol. The van der Waals surface area contributed by atoms with Crippen molar-refractivity contribution in [2.24, 2.45) is 5.73 Å². The number of hydrogen-bond acceptors (Lipinski definition) is 4. The molecule has 0 aromatic heterocycles. The lowest BCUT2D eigenvalue weighted by molar-refractivity contribution is 0.0955. The quantitative estimate of drug-likeness (QED) is 0.684. The van der Waals surface area contributed by atoms with Gasteiger partial charge < -0.3 is 11.1 Å². The predicted octanol–water partition coefficient (Wildman–Crippen LogP) is 0.137. The lowest BCUT2D eigenvalue weighted by Crippen LogP contribution is -2.30. The summed E-state index contributed by atoms with van der Waals surface area (Å²) in [6, 6.07) is 6.43. The first-order valence-corrected chi connectivity index (χ1v) is 7.23. The van der Waals surface area contributed by atoms with Crippen molar-refractivity contribution in [3.8, 4) is 0 Å². The molecule has 0 saturated carbocycles. The fourth-order valence-electron chi connectivity index (χ4n) is 1.29. The van der Waals surface area contributed by atoms with Gasteiger partial charge in [-0.1, -0.05) is 12.1 Å². The van der Waals surface area contributed by atoms with Crippen LogP contribution in [0.3, 0.4) is 0 Å². The largest absolute Gasteiger partial charge is 0.351 e. The van der Waals surface area contributed by atoms with E-state index >= 15 is 0 Å². The van der Waals surface area contributed by atoms with Gasteiger partial charge in [0.1, 0.15) is 0 Å². The van der Waals surface area contributed by atoms with E-state index in [0.29, 0.717) is 13.1 Å². The van der Waals surface area contributed by atoms with E-state index in [1.165, 1.54) is 6.92 Å². The number of carbonyl (C=O) groups is 1. The van der Waals surface area contributed by atoms with Crippen LogP contribution in [0.2, 0.25) is 0 Å². The van der Waals surface area contributed by atoms with Crippen molar-refractivity contribution in [1.29, 1.82) is 0 Å². The van der Waals surface area contributed by atoms with E-state index in [1.807, 2.05) is 0 Å². The third-order valence-corrected chi connectivity index (χ3v) is 3.54. The molecule has 0 bridgehead atoms. The second-order valence-electron chi connectivity index (χ2n) is 3.60. The zero-order valence-corrected chi connectivity index (χ0v) is 11.0. The van der Waals surface area contributed by atoms with Crippen LogP contribution in [0.1, 0.15) is 17.3 Å². The molecule has 0 fully saturated rings.